The van der Waals surface area contributed by atoms with Gasteiger partial charge in [0.15, 0.2) is 0 Å². The van der Waals surface area contributed by atoms with E-state index in [9.17, 15) is 0 Å². The van der Waals surface area contributed by atoms with Crippen LogP contribution in [-0.2, 0) is 4.74 Å². The fraction of sp³-hybridized carbons (Fsp3) is 1.00. The molecule has 1 aliphatic carbocycles. The van der Waals surface area contributed by atoms with Crippen molar-refractivity contribution in [3.63, 3.8) is 0 Å². The molecule has 0 bridgehead atoms. The third kappa shape index (κ3) is 2.46. The van der Waals surface area contributed by atoms with Crippen LogP contribution in [0.4, 0.5) is 0 Å². The largest absolute Gasteiger partial charge is 0.374 e. The standard InChI is InChI=1S/C9H19NO/c1-6(2)11-9(5-10)8-4-7(8)3/h6-9H,4-5,10H2,1-3H3. The highest BCUT2D eigenvalue weighted by molar-refractivity contribution is 4.89. The maximum atomic E-state index is 5.67. The van der Waals surface area contributed by atoms with Gasteiger partial charge in [-0.1, -0.05) is 6.92 Å². The summed E-state index contributed by atoms with van der Waals surface area (Å²) in [6.07, 6.45) is 1.93. The second-order valence-electron chi connectivity index (χ2n) is 3.84. The molecule has 1 fully saturated rings. The van der Waals surface area contributed by atoms with E-state index >= 15 is 0 Å². The highest BCUT2D eigenvalue weighted by Gasteiger charge is 2.39. The van der Waals surface area contributed by atoms with Crippen molar-refractivity contribution < 1.29 is 4.74 Å². The second-order valence-corrected chi connectivity index (χ2v) is 3.84. The van der Waals surface area contributed by atoms with Gasteiger partial charge in [-0.3, -0.25) is 0 Å². The van der Waals surface area contributed by atoms with E-state index in [2.05, 4.69) is 20.8 Å². The molecule has 0 heterocycles. The molecule has 2 nitrogen and oxygen atoms in total. The lowest BCUT2D eigenvalue weighted by Gasteiger charge is -2.18. The molecule has 1 aliphatic rings. The van der Waals surface area contributed by atoms with Crippen LogP contribution >= 0.6 is 0 Å². The van der Waals surface area contributed by atoms with E-state index in [0.717, 1.165) is 11.8 Å². The van der Waals surface area contributed by atoms with Crippen LogP contribution in [0.1, 0.15) is 27.2 Å². The summed E-state index contributed by atoms with van der Waals surface area (Å²) >= 11 is 0. The zero-order valence-corrected chi connectivity index (χ0v) is 7.71. The molecule has 0 aromatic carbocycles. The molecule has 11 heavy (non-hydrogen) atoms. The molecular formula is C9H19NO. The van der Waals surface area contributed by atoms with Crippen LogP contribution in [0.15, 0.2) is 0 Å². The summed E-state index contributed by atoms with van der Waals surface area (Å²) in [7, 11) is 0. The summed E-state index contributed by atoms with van der Waals surface area (Å²) in [5.74, 6) is 1.57. The first-order valence-electron chi connectivity index (χ1n) is 4.50. The molecular weight excluding hydrogens is 138 g/mol. The van der Waals surface area contributed by atoms with Crippen molar-refractivity contribution >= 4 is 0 Å². The maximum absolute atomic E-state index is 5.67. The Bertz CT molecular complexity index is 125. The molecule has 0 aliphatic heterocycles. The Morgan fingerprint density at radius 2 is 2.09 bits per heavy atom. The van der Waals surface area contributed by atoms with Gasteiger partial charge in [-0.25, -0.2) is 0 Å². The van der Waals surface area contributed by atoms with Gasteiger partial charge in [0.2, 0.25) is 0 Å². The van der Waals surface area contributed by atoms with Crippen molar-refractivity contribution in [3.8, 4) is 0 Å². The third-order valence-electron chi connectivity index (χ3n) is 2.33. The van der Waals surface area contributed by atoms with Crippen molar-refractivity contribution in [1.82, 2.24) is 0 Å². The normalized spacial score (nSPS) is 32.5. The number of rotatable bonds is 4. The molecule has 1 saturated carbocycles. The van der Waals surface area contributed by atoms with E-state index in [1.807, 2.05) is 0 Å². The molecule has 0 aromatic rings. The van der Waals surface area contributed by atoms with Crippen LogP contribution in [0.3, 0.4) is 0 Å². The van der Waals surface area contributed by atoms with Crippen LogP contribution in [0.5, 0.6) is 0 Å². The van der Waals surface area contributed by atoms with Crippen LogP contribution in [0.25, 0.3) is 0 Å². The minimum absolute atomic E-state index is 0.310. The maximum Gasteiger partial charge on any atom is 0.0731 e. The van der Waals surface area contributed by atoms with E-state index in [-0.39, 0.29) is 0 Å². The van der Waals surface area contributed by atoms with Gasteiger partial charge in [0.25, 0.3) is 0 Å². The number of hydrogen-bond donors (Lipinski definition) is 1. The summed E-state index contributed by atoms with van der Waals surface area (Å²) in [4.78, 5) is 0. The third-order valence-corrected chi connectivity index (χ3v) is 2.33. The van der Waals surface area contributed by atoms with Crippen LogP contribution in [0.2, 0.25) is 0 Å². The average Bonchev–Trinajstić information content (AvgIpc) is 2.61. The summed E-state index contributed by atoms with van der Waals surface area (Å²) in [6.45, 7) is 7.07. The van der Waals surface area contributed by atoms with Crippen molar-refractivity contribution in [2.24, 2.45) is 17.6 Å². The SMILES string of the molecule is CC(C)OC(CN)C1CC1C. The van der Waals surface area contributed by atoms with Gasteiger partial charge in [0.1, 0.15) is 0 Å². The lowest BCUT2D eigenvalue weighted by Crippen LogP contribution is -2.29. The van der Waals surface area contributed by atoms with Gasteiger partial charge in [-0.2, -0.15) is 0 Å². The van der Waals surface area contributed by atoms with Crippen molar-refractivity contribution in [2.75, 3.05) is 6.54 Å². The van der Waals surface area contributed by atoms with E-state index in [1.54, 1.807) is 0 Å². The monoisotopic (exact) mass is 157 g/mol. The fourth-order valence-electron chi connectivity index (χ4n) is 1.55. The van der Waals surface area contributed by atoms with Gasteiger partial charge >= 0.3 is 0 Å². The Kier molecular flexibility index (Phi) is 2.90. The quantitative estimate of drug-likeness (QED) is 0.669. The highest BCUT2D eigenvalue weighted by atomic mass is 16.5. The number of hydrogen-bond acceptors (Lipinski definition) is 2. The van der Waals surface area contributed by atoms with E-state index in [1.165, 1.54) is 6.42 Å². The number of ether oxygens (including phenoxy) is 1. The fourth-order valence-corrected chi connectivity index (χ4v) is 1.55. The van der Waals surface area contributed by atoms with Crippen molar-refractivity contribution in [1.29, 1.82) is 0 Å². The Labute approximate surface area is 69.1 Å². The zero-order valence-electron chi connectivity index (χ0n) is 7.71. The molecule has 2 heteroatoms. The smallest absolute Gasteiger partial charge is 0.0731 e. The molecule has 2 N–H and O–H groups in total. The van der Waals surface area contributed by atoms with Gasteiger partial charge in [0.05, 0.1) is 12.2 Å². The minimum Gasteiger partial charge on any atom is -0.374 e. The van der Waals surface area contributed by atoms with Gasteiger partial charge in [-0.05, 0) is 32.1 Å². The lowest BCUT2D eigenvalue weighted by atomic mass is 10.2. The first kappa shape index (κ1) is 9.01. The van der Waals surface area contributed by atoms with E-state index in [0.29, 0.717) is 18.8 Å². The predicted molar refractivity (Wildman–Crippen MR) is 46.3 cm³/mol. The van der Waals surface area contributed by atoms with Crippen LogP contribution in [-0.4, -0.2) is 18.8 Å². The molecule has 0 spiro atoms. The first-order valence-corrected chi connectivity index (χ1v) is 4.50. The molecule has 0 radical (unpaired) electrons. The Morgan fingerprint density at radius 1 is 1.55 bits per heavy atom. The predicted octanol–water partition coefficient (Wildman–Crippen LogP) is 1.39. The first-order chi connectivity index (χ1) is 5.15. The molecule has 0 amide bonds. The molecule has 66 valence electrons. The summed E-state index contributed by atoms with van der Waals surface area (Å²) < 4.78 is 5.67. The summed E-state index contributed by atoms with van der Waals surface area (Å²) in [5.41, 5.74) is 5.60. The summed E-state index contributed by atoms with van der Waals surface area (Å²) in [5, 5.41) is 0. The van der Waals surface area contributed by atoms with Gasteiger partial charge in [0, 0.05) is 6.54 Å². The lowest BCUT2D eigenvalue weighted by molar-refractivity contribution is -0.00171. The topological polar surface area (TPSA) is 35.2 Å². The molecule has 0 saturated heterocycles. The van der Waals surface area contributed by atoms with Gasteiger partial charge < -0.3 is 10.5 Å². The van der Waals surface area contributed by atoms with Crippen molar-refractivity contribution in [3.05, 3.63) is 0 Å². The minimum atomic E-state index is 0.310. The highest BCUT2D eigenvalue weighted by Crippen LogP contribution is 2.41. The Balaban J connectivity index is 2.26. The molecule has 3 unspecified atom stereocenters. The zero-order chi connectivity index (χ0) is 8.43. The van der Waals surface area contributed by atoms with Gasteiger partial charge in [-0.15, -0.1) is 0 Å². The second kappa shape index (κ2) is 3.55. The molecule has 0 aromatic heterocycles. The molecule has 1 rings (SSSR count). The van der Waals surface area contributed by atoms with E-state index < -0.39 is 0 Å². The van der Waals surface area contributed by atoms with Crippen LogP contribution < -0.4 is 5.73 Å². The Morgan fingerprint density at radius 3 is 2.36 bits per heavy atom. The average molecular weight is 157 g/mol. The summed E-state index contributed by atoms with van der Waals surface area (Å²) in [6, 6.07) is 0. The van der Waals surface area contributed by atoms with Crippen molar-refractivity contribution in [2.45, 2.75) is 39.4 Å². The number of nitrogens with two attached hydrogens (primary N) is 1. The van der Waals surface area contributed by atoms with E-state index in [4.69, 9.17) is 10.5 Å². The van der Waals surface area contributed by atoms with Crippen LogP contribution in [0, 0.1) is 11.8 Å². The Hall–Kier alpha value is -0.0800. The molecule has 3 atom stereocenters.